The number of aromatic carboxylic acids is 1. The second kappa shape index (κ2) is 7.21. The highest BCUT2D eigenvalue weighted by molar-refractivity contribution is 5.95. The van der Waals surface area contributed by atoms with Crippen LogP contribution in [0.25, 0.3) is 10.9 Å². The monoisotopic (exact) mass is 389 g/mol. The number of rotatable bonds is 5. The number of aryl methyl sites for hydroxylation is 1. The van der Waals surface area contributed by atoms with E-state index in [1.54, 1.807) is 6.07 Å². The summed E-state index contributed by atoms with van der Waals surface area (Å²) in [5.41, 5.74) is 4.86. The number of pyridine rings is 1. The van der Waals surface area contributed by atoms with Crippen molar-refractivity contribution >= 4 is 28.4 Å². The molecule has 5 nitrogen and oxygen atoms in total. The van der Waals surface area contributed by atoms with Gasteiger partial charge in [-0.3, -0.25) is 0 Å². The highest BCUT2D eigenvalue weighted by atomic mass is 16.4. The van der Waals surface area contributed by atoms with Crippen LogP contribution in [0, 0.1) is 0 Å². The van der Waals surface area contributed by atoms with Gasteiger partial charge in [0.25, 0.3) is 0 Å². The van der Waals surface area contributed by atoms with E-state index in [1.165, 1.54) is 48.6 Å². The summed E-state index contributed by atoms with van der Waals surface area (Å²) in [5.74, 6) is 0.529. The van der Waals surface area contributed by atoms with Gasteiger partial charge in [0, 0.05) is 30.5 Å². The lowest BCUT2D eigenvalue weighted by atomic mass is 9.83. The molecule has 2 aliphatic rings. The Balaban J connectivity index is 1.55. The second-order valence-corrected chi connectivity index (χ2v) is 8.63. The molecule has 0 atom stereocenters. The van der Waals surface area contributed by atoms with E-state index in [-0.39, 0.29) is 5.56 Å². The van der Waals surface area contributed by atoms with Crippen LogP contribution in [-0.2, 0) is 7.05 Å². The predicted molar refractivity (Wildman–Crippen MR) is 115 cm³/mol. The molecule has 2 aromatic heterocycles. The van der Waals surface area contributed by atoms with Gasteiger partial charge < -0.3 is 15.0 Å². The smallest absolute Gasteiger partial charge is 0.339 e. The Morgan fingerprint density at radius 3 is 2.62 bits per heavy atom. The molecule has 0 amide bonds. The number of hydrogen-bond acceptors (Lipinski definition) is 3. The van der Waals surface area contributed by atoms with Crippen LogP contribution in [0.3, 0.4) is 0 Å². The average Bonchev–Trinajstić information content (AvgIpc) is 3.52. The maximum atomic E-state index is 11.9. The molecule has 5 heteroatoms. The van der Waals surface area contributed by atoms with E-state index in [2.05, 4.69) is 46.3 Å². The zero-order valence-corrected chi connectivity index (χ0v) is 16.8. The number of aromatic nitrogens is 2. The standard InChI is InChI=1S/C24H27N3O2/c1-27-10-9-17-11-19(13-20(22(17)27)16-5-3-2-4-6-16)26-23-21(24(28)29)12-18(14-25-23)15-7-8-15/h9-16H,2-8H2,1H3,(H,25,26)(H,28,29). The number of nitrogens with one attached hydrogen (secondary N) is 1. The Morgan fingerprint density at radius 1 is 1.10 bits per heavy atom. The van der Waals surface area contributed by atoms with Crippen molar-refractivity contribution in [2.24, 2.45) is 7.05 Å². The topological polar surface area (TPSA) is 67.2 Å². The molecule has 0 aliphatic heterocycles. The van der Waals surface area contributed by atoms with Crippen molar-refractivity contribution in [3.63, 3.8) is 0 Å². The lowest BCUT2D eigenvalue weighted by Crippen LogP contribution is -2.09. The molecule has 0 spiro atoms. The first kappa shape index (κ1) is 18.2. The third-order valence-corrected chi connectivity index (χ3v) is 6.50. The fourth-order valence-electron chi connectivity index (χ4n) is 4.80. The summed E-state index contributed by atoms with van der Waals surface area (Å²) < 4.78 is 2.20. The number of fused-ring (bicyclic) bond motifs is 1. The van der Waals surface area contributed by atoms with Gasteiger partial charge in [-0.25, -0.2) is 9.78 Å². The fourth-order valence-corrected chi connectivity index (χ4v) is 4.80. The van der Waals surface area contributed by atoms with Gasteiger partial charge in [0.05, 0.1) is 5.52 Å². The van der Waals surface area contributed by atoms with E-state index in [0.29, 0.717) is 17.7 Å². The number of carboxylic acid groups (broad SMARTS) is 1. The summed E-state index contributed by atoms with van der Waals surface area (Å²) in [7, 11) is 2.10. The van der Waals surface area contributed by atoms with Crippen molar-refractivity contribution in [1.29, 1.82) is 0 Å². The fraction of sp³-hybridized carbons (Fsp3) is 0.417. The van der Waals surface area contributed by atoms with Gasteiger partial charge in [-0.1, -0.05) is 19.3 Å². The number of hydrogen-bond donors (Lipinski definition) is 2. The normalized spacial score (nSPS) is 17.6. The van der Waals surface area contributed by atoms with E-state index in [0.717, 1.165) is 24.1 Å². The Bertz CT molecular complexity index is 1080. The molecule has 0 bridgehead atoms. The van der Waals surface area contributed by atoms with Crippen molar-refractivity contribution in [3.8, 4) is 0 Å². The molecule has 2 heterocycles. The van der Waals surface area contributed by atoms with Crippen molar-refractivity contribution in [2.75, 3.05) is 5.32 Å². The first-order valence-electron chi connectivity index (χ1n) is 10.7. The molecule has 2 aliphatic carbocycles. The first-order valence-corrected chi connectivity index (χ1v) is 10.7. The summed E-state index contributed by atoms with van der Waals surface area (Å²) in [6, 6.07) is 8.23. The molecule has 0 saturated heterocycles. The van der Waals surface area contributed by atoms with Gasteiger partial charge in [0.2, 0.25) is 0 Å². The Labute approximate surface area is 170 Å². The van der Waals surface area contributed by atoms with Gasteiger partial charge in [-0.2, -0.15) is 0 Å². The van der Waals surface area contributed by atoms with Crippen molar-refractivity contribution in [3.05, 3.63) is 53.3 Å². The molecule has 0 radical (unpaired) electrons. The minimum absolute atomic E-state index is 0.252. The molecule has 2 saturated carbocycles. The predicted octanol–water partition coefficient (Wildman–Crippen LogP) is 5.94. The molecule has 2 N–H and O–H groups in total. The number of nitrogens with zero attached hydrogens (tertiary/aromatic N) is 2. The summed E-state index contributed by atoms with van der Waals surface area (Å²) in [6.45, 7) is 0. The number of benzene rings is 1. The minimum atomic E-state index is -0.934. The lowest BCUT2D eigenvalue weighted by molar-refractivity contribution is 0.0697. The van der Waals surface area contributed by atoms with Crippen LogP contribution in [0.4, 0.5) is 11.5 Å². The maximum Gasteiger partial charge on any atom is 0.339 e. The Hall–Kier alpha value is -2.82. The van der Waals surface area contributed by atoms with Crippen LogP contribution in [0.2, 0.25) is 0 Å². The zero-order valence-electron chi connectivity index (χ0n) is 16.8. The van der Waals surface area contributed by atoms with E-state index in [4.69, 9.17) is 0 Å². The van der Waals surface area contributed by atoms with Crippen LogP contribution in [-0.4, -0.2) is 20.6 Å². The zero-order chi connectivity index (χ0) is 20.0. The quantitative estimate of drug-likeness (QED) is 0.567. The van der Waals surface area contributed by atoms with E-state index < -0.39 is 5.97 Å². The van der Waals surface area contributed by atoms with Gasteiger partial charge in [0.15, 0.2) is 0 Å². The number of carboxylic acids is 1. The van der Waals surface area contributed by atoms with Gasteiger partial charge in [-0.05, 0) is 72.9 Å². The van der Waals surface area contributed by atoms with Crippen molar-refractivity contribution in [1.82, 2.24) is 9.55 Å². The SMILES string of the molecule is Cn1ccc2cc(Nc3ncc(C4CC4)cc3C(=O)O)cc(C3CCCCC3)c21. The van der Waals surface area contributed by atoms with Crippen LogP contribution < -0.4 is 5.32 Å². The number of anilines is 2. The maximum absolute atomic E-state index is 11.9. The largest absolute Gasteiger partial charge is 0.478 e. The highest BCUT2D eigenvalue weighted by Crippen LogP contribution is 2.41. The van der Waals surface area contributed by atoms with Gasteiger partial charge >= 0.3 is 5.97 Å². The Morgan fingerprint density at radius 2 is 1.90 bits per heavy atom. The molecule has 0 unspecified atom stereocenters. The first-order chi connectivity index (χ1) is 14.1. The molecule has 1 aromatic carbocycles. The summed E-state index contributed by atoms with van der Waals surface area (Å²) in [6.07, 6.45) is 12.5. The molecule has 5 rings (SSSR count). The van der Waals surface area contributed by atoms with E-state index in [1.807, 2.05) is 6.20 Å². The molecule has 2 fully saturated rings. The summed E-state index contributed by atoms with van der Waals surface area (Å²) in [5, 5.41) is 14.2. The Kier molecular flexibility index (Phi) is 4.53. The average molecular weight is 389 g/mol. The second-order valence-electron chi connectivity index (χ2n) is 8.63. The van der Waals surface area contributed by atoms with Crippen LogP contribution in [0.1, 0.15) is 78.3 Å². The van der Waals surface area contributed by atoms with E-state index >= 15 is 0 Å². The van der Waals surface area contributed by atoms with Gasteiger partial charge in [0.1, 0.15) is 11.4 Å². The molecule has 150 valence electrons. The summed E-state index contributed by atoms with van der Waals surface area (Å²) in [4.78, 5) is 16.3. The highest BCUT2D eigenvalue weighted by Gasteiger charge is 2.26. The van der Waals surface area contributed by atoms with Crippen molar-refractivity contribution < 1.29 is 9.90 Å². The van der Waals surface area contributed by atoms with Crippen molar-refractivity contribution in [2.45, 2.75) is 56.8 Å². The van der Waals surface area contributed by atoms with Crippen LogP contribution >= 0.6 is 0 Å². The third-order valence-electron chi connectivity index (χ3n) is 6.50. The molecule has 29 heavy (non-hydrogen) atoms. The van der Waals surface area contributed by atoms with Crippen LogP contribution in [0.15, 0.2) is 36.7 Å². The molecular weight excluding hydrogens is 362 g/mol. The lowest BCUT2D eigenvalue weighted by Gasteiger charge is -2.24. The van der Waals surface area contributed by atoms with Crippen LogP contribution in [0.5, 0.6) is 0 Å². The number of carbonyl (C=O) groups is 1. The van der Waals surface area contributed by atoms with Gasteiger partial charge in [-0.15, -0.1) is 0 Å². The third kappa shape index (κ3) is 3.50. The summed E-state index contributed by atoms with van der Waals surface area (Å²) >= 11 is 0. The minimum Gasteiger partial charge on any atom is -0.478 e. The molecule has 3 aromatic rings. The molecular formula is C24H27N3O2. The van der Waals surface area contributed by atoms with E-state index in [9.17, 15) is 9.90 Å².